The molecule has 5 nitrogen and oxygen atoms in total. The van der Waals surface area contributed by atoms with Crippen molar-refractivity contribution in [2.75, 3.05) is 13.1 Å². The molecule has 0 aliphatic carbocycles. The van der Waals surface area contributed by atoms with E-state index >= 15 is 0 Å². The molecule has 2 N–H and O–H groups in total. The molecule has 1 aromatic heterocycles. The Labute approximate surface area is 95.7 Å². The van der Waals surface area contributed by atoms with Gasteiger partial charge in [-0.3, -0.25) is 14.8 Å². The molecule has 0 bridgehead atoms. The molecule has 1 heterocycles. The molecule has 1 aromatic rings. The average molecular weight is 222 g/mol. The predicted octanol–water partition coefficient (Wildman–Crippen LogP) is 0.482. The van der Waals surface area contributed by atoms with Gasteiger partial charge >= 0.3 is 0 Å². The second-order valence-electron chi connectivity index (χ2n) is 3.47. The standard InChI is InChI=1S/C11H18N4O/c1-2-4-15-11(16)3-5-12-8-10-9-13-6-7-14-10/h6-7,9,12H,2-5,8H2,1H3,(H,15,16). The van der Waals surface area contributed by atoms with Gasteiger partial charge in [0.05, 0.1) is 5.69 Å². The first-order chi connectivity index (χ1) is 7.83. The van der Waals surface area contributed by atoms with Gasteiger partial charge in [0.15, 0.2) is 0 Å². The summed E-state index contributed by atoms with van der Waals surface area (Å²) >= 11 is 0. The highest BCUT2D eigenvalue weighted by Crippen LogP contribution is 1.88. The Kier molecular flexibility index (Phi) is 6.10. The first-order valence-electron chi connectivity index (χ1n) is 5.55. The van der Waals surface area contributed by atoms with Gasteiger partial charge in [-0.05, 0) is 6.42 Å². The Balaban J connectivity index is 2.06. The normalized spacial score (nSPS) is 10.1. The molecule has 0 radical (unpaired) electrons. The van der Waals surface area contributed by atoms with Gasteiger partial charge in [0.2, 0.25) is 5.91 Å². The summed E-state index contributed by atoms with van der Waals surface area (Å²) < 4.78 is 0. The van der Waals surface area contributed by atoms with Crippen molar-refractivity contribution in [3.8, 4) is 0 Å². The fourth-order valence-electron chi connectivity index (χ4n) is 1.19. The fourth-order valence-corrected chi connectivity index (χ4v) is 1.19. The molecule has 0 saturated heterocycles. The maximum Gasteiger partial charge on any atom is 0.221 e. The highest BCUT2D eigenvalue weighted by atomic mass is 16.1. The van der Waals surface area contributed by atoms with Crippen LogP contribution in [0.4, 0.5) is 0 Å². The van der Waals surface area contributed by atoms with Crippen LogP contribution in [-0.2, 0) is 11.3 Å². The molecule has 16 heavy (non-hydrogen) atoms. The van der Waals surface area contributed by atoms with Crippen molar-refractivity contribution in [3.63, 3.8) is 0 Å². The van der Waals surface area contributed by atoms with Crippen molar-refractivity contribution in [2.45, 2.75) is 26.3 Å². The van der Waals surface area contributed by atoms with E-state index < -0.39 is 0 Å². The van der Waals surface area contributed by atoms with E-state index in [2.05, 4.69) is 20.6 Å². The zero-order valence-corrected chi connectivity index (χ0v) is 9.57. The number of carbonyl (C=O) groups excluding carboxylic acids is 1. The third-order valence-electron chi connectivity index (χ3n) is 2.02. The number of carbonyl (C=O) groups is 1. The first-order valence-corrected chi connectivity index (χ1v) is 5.55. The van der Waals surface area contributed by atoms with Crippen molar-refractivity contribution < 1.29 is 4.79 Å². The van der Waals surface area contributed by atoms with Gasteiger partial charge < -0.3 is 10.6 Å². The lowest BCUT2D eigenvalue weighted by Gasteiger charge is -2.04. The van der Waals surface area contributed by atoms with E-state index in [4.69, 9.17) is 0 Å². The Morgan fingerprint density at radius 2 is 2.25 bits per heavy atom. The second kappa shape index (κ2) is 7.76. The summed E-state index contributed by atoms with van der Waals surface area (Å²) in [5, 5.41) is 5.97. The smallest absolute Gasteiger partial charge is 0.221 e. The SMILES string of the molecule is CCCNC(=O)CCNCc1cnccn1. The zero-order chi connectivity index (χ0) is 11.6. The third kappa shape index (κ3) is 5.41. The van der Waals surface area contributed by atoms with E-state index in [0.29, 0.717) is 19.5 Å². The Morgan fingerprint density at radius 3 is 2.94 bits per heavy atom. The summed E-state index contributed by atoms with van der Waals surface area (Å²) in [6, 6.07) is 0. The molecule has 0 fully saturated rings. The molecule has 5 heteroatoms. The lowest BCUT2D eigenvalue weighted by atomic mass is 10.3. The molecule has 0 saturated carbocycles. The average Bonchev–Trinajstić information content (AvgIpc) is 2.33. The van der Waals surface area contributed by atoms with Crippen LogP contribution in [0.25, 0.3) is 0 Å². The number of rotatable bonds is 7. The van der Waals surface area contributed by atoms with Crippen LogP contribution < -0.4 is 10.6 Å². The van der Waals surface area contributed by atoms with Crippen LogP contribution in [-0.4, -0.2) is 29.0 Å². The minimum Gasteiger partial charge on any atom is -0.356 e. The van der Waals surface area contributed by atoms with E-state index in [1.165, 1.54) is 0 Å². The van der Waals surface area contributed by atoms with Crippen molar-refractivity contribution in [1.29, 1.82) is 0 Å². The van der Waals surface area contributed by atoms with Crippen LogP contribution >= 0.6 is 0 Å². The molecular formula is C11H18N4O. The summed E-state index contributed by atoms with van der Waals surface area (Å²) in [5.41, 5.74) is 0.886. The van der Waals surface area contributed by atoms with Crippen LogP contribution in [0.3, 0.4) is 0 Å². The fraction of sp³-hybridized carbons (Fsp3) is 0.545. The number of amides is 1. The summed E-state index contributed by atoms with van der Waals surface area (Å²) in [6.07, 6.45) is 6.48. The first kappa shape index (κ1) is 12.6. The zero-order valence-electron chi connectivity index (χ0n) is 9.57. The van der Waals surface area contributed by atoms with Crippen LogP contribution in [0.1, 0.15) is 25.5 Å². The highest BCUT2D eigenvalue weighted by molar-refractivity contribution is 5.75. The highest BCUT2D eigenvalue weighted by Gasteiger charge is 1.99. The molecule has 88 valence electrons. The largest absolute Gasteiger partial charge is 0.356 e. The minimum absolute atomic E-state index is 0.0912. The van der Waals surface area contributed by atoms with Gasteiger partial charge in [-0.25, -0.2) is 0 Å². The Morgan fingerprint density at radius 1 is 1.38 bits per heavy atom. The molecule has 0 aliphatic rings. The summed E-state index contributed by atoms with van der Waals surface area (Å²) in [6.45, 7) is 4.09. The van der Waals surface area contributed by atoms with Gasteiger partial charge in [-0.1, -0.05) is 6.92 Å². The van der Waals surface area contributed by atoms with Crippen LogP contribution in [0.5, 0.6) is 0 Å². The maximum absolute atomic E-state index is 11.2. The van der Waals surface area contributed by atoms with Crippen LogP contribution in [0, 0.1) is 0 Å². The molecular weight excluding hydrogens is 204 g/mol. The second-order valence-corrected chi connectivity index (χ2v) is 3.47. The van der Waals surface area contributed by atoms with Gasteiger partial charge in [-0.2, -0.15) is 0 Å². The number of hydrogen-bond acceptors (Lipinski definition) is 4. The molecule has 0 spiro atoms. The monoisotopic (exact) mass is 222 g/mol. The number of aromatic nitrogens is 2. The Hall–Kier alpha value is -1.49. The van der Waals surface area contributed by atoms with E-state index in [9.17, 15) is 4.79 Å². The lowest BCUT2D eigenvalue weighted by molar-refractivity contribution is -0.120. The third-order valence-corrected chi connectivity index (χ3v) is 2.02. The van der Waals surface area contributed by atoms with Gasteiger partial charge in [0.1, 0.15) is 0 Å². The van der Waals surface area contributed by atoms with Gasteiger partial charge in [0, 0.05) is 44.6 Å². The molecule has 0 aromatic carbocycles. The van der Waals surface area contributed by atoms with E-state index in [-0.39, 0.29) is 5.91 Å². The summed E-state index contributed by atoms with van der Waals surface area (Å²) in [4.78, 5) is 19.3. The van der Waals surface area contributed by atoms with Crippen LogP contribution in [0.15, 0.2) is 18.6 Å². The molecule has 0 unspecified atom stereocenters. The number of hydrogen-bond donors (Lipinski definition) is 2. The van der Waals surface area contributed by atoms with E-state index in [0.717, 1.165) is 18.7 Å². The quantitative estimate of drug-likeness (QED) is 0.659. The predicted molar refractivity (Wildman–Crippen MR) is 61.7 cm³/mol. The van der Waals surface area contributed by atoms with Crippen molar-refractivity contribution in [1.82, 2.24) is 20.6 Å². The van der Waals surface area contributed by atoms with Crippen molar-refractivity contribution in [3.05, 3.63) is 24.3 Å². The van der Waals surface area contributed by atoms with E-state index in [1.807, 2.05) is 6.92 Å². The maximum atomic E-state index is 11.2. The molecule has 1 amide bonds. The van der Waals surface area contributed by atoms with Gasteiger partial charge in [-0.15, -0.1) is 0 Å². The van der Waals surface area contributed by atoms with Gasteiger partial charge in [0.25, 0.3) is 0 Å². The van der Waals surface area contributed by atoms with Crippen molar-refractivity contribution >= 4 is 5.91 Å². The van der Waals surface area contributed by atoms with Crippen LogP contribution in [0.2, 0.25) is 0 Å². The number of nitrogens with one attached hydrogen (secondary N) is 2. The summed E-state index contributed by atoms with van der Waals surface area (Å²) in [7, 11) is 0. The summed E-state index contributed by atoms with van der Waals surface area (Å²) in [5.74, 6) is 0.0912. The molecule has 0 atom stereocenters. The minimum atomic E-state index is 0.0912. The topological polar surface area (TPSA) is 66.9 Å². The Bertz CT molecular complexity index is 302. The van der Waals surface area contributed by atoms with Crippen molar-refractivity contribution in [2.24, 2.45) is 0 Å². The molecule has 1 rings (SSSR count). The lowest BCUT2D eigenvalue weighted by Crippen LogP contribution is -2.28. The molecule has 0 aliphatic heterocycles. The van der Waals surface area contributed by atoms with E-state index in [1.54, 1.807) is 18.6 Å². The number of nitrogens with zero attached hydrogens (tertiary/aromatic N) is 2.